The van der Waals surface area contributed by atoms with Crippen LogP contribution in [0.2, 0.25) is 0 Å². The van der Waals surface area contributed by atoms with Gasteiger partial charge in [0.2, 0.25) is 0 Å². The number of rotatable bonds is 2. The van der Waals surface area contributed by atoms with Crippen LogP contribution in [0.1, 0.15) is 18.4 Å². The van der Waals surface area contributed by atoms with Crippen molar-refractivity contribution in [1.82, 2.24) is 5.32 Å². The number of nitrogens with one attached hydrogen (secondary N) is 1. The van der Waals surface area contributed by atoms with E-state index in [1.807, 2.05) is 6.26 Å². The van der Waals surface area contributed by atoms with E-state index in [1.54, 1.807) is 6.26 Å². The van der Waals surface area contributed by atoms with E-state index in [1.165, 1.54) is 37.9 Å². The molecule has 1 fully saturated rings. The summed E-state index contributed by atoms with van der Waals surface area (Å²) in [6, 6.07) is 2.06. The summed E-state index contributed by atoms with van der Waals surface area (Å²) < 4.78 is 5.04. The lowest BCUT2D eigenvalue weighted by atomic mass is 9.94. The van der Waals surface area contributed by atoms with Crippen LogP contribution in [-0.4, -0.2) is 13.1 Å². The fraction of sp³-hybridized carbons (Fsp3) is 0.600. The molecule has 1 aliphatic rings. The highest BCUT2D eigenvalue weighted by atomic mass is 16.3. The predicted molar refractivity (Wildman–Crippen MR) is 48.0 cm³/mol. The zero-order valence-electron chi connectivity index (χ0n) is 7.25. The molecule has 0 unspecified atom stereocenters. The van der Waals surface area contributed by atoms with E-state index >= 15 is 0 Å². The lowest BCUT2D eigenvalue weighted by Gasteiger charge is -2.21. The van der Waals surface area contributed by atoms with Crippen LogP contribution in [-0.2, 0) is 6.42 Å². The van der Waals surface area contributed by atoms with Crippen LogP contribution in [0.5, 0.6) is 0 Å². The van der Waals surface area contributed by atoms with Gasteiger partial charge in [-0.15, -0.1) is 0 Å². The fourth-order valence-corrected chi connectivity index (χ4v) is 1.84. The van der Waals surface area contributed by atoms with Gasteiger partial charge in [0.15, 0.2) is 0 Å². The van der Waals surface area contributed by atoms with Crippen LogP contribution in [0.15, 0.2) is 23.0 Å². The average Bonchev–Trinajstić information content (AvgIpc) is 2.59. The largest absolute Gasteiger partial charge is 0.472 e. The van der Waals surface area contributed by atoms with Crippen molar-refractivity contribution in [2.24, 2.45) is 5.92 Å². The second-order valence-corrected chi connectivity index (χ2v) is 3.55. The molecule has 2 heteroatoms. The smallest absolute Gasteiger partial charge is 0.0934 e. The van der Waals surface area contributed by atoms with Gasteiger partial charge in [-0.25, -0.2) is 0 Å². The summed E-state index contributed by atoms with van der Waals surface area (Å²) in [4.78, 5) is 0. The summed E-state index contributed by atoms with van der Waals surface area (Å²) in [5.41, 5.74) is 1.34. The topological polar surface area (TPSA) is 25.2 Å². The molecule has 0 bridgehead atoms. The van der Waals surface area contributed by atoms with Crippen LogP contribution in [0, 0.1) is 5.92 Å². The Morgan fingerprint density at radius 2 is 2.58 bits per heavy atom. The van der Waals surface area contributed by atoms with Crippen LogP contribution in [0.3, 0.4) is 0 Å². The summed E-state index contributed by atoms with van der Waals surface area (Å²) in [5, 5.41) is 3.42. The molecule has 0 spiro atoms. The predicted octanol–water partition coefficient (Wildman–Crippen LogP) is 1.82. The van der Waals surface area contributed by atoms with E-state index in [-0.39, 0.29) is 0 Å². The normalized spacial score (nSPS) is 24.2. The minimum absolute atomic E-state index is 0.816. The molecule has 2 nitrogen and oxygen atoms in total. The van der Waals surface area contributed by atoms with Crippen LogP contribution in [0.4, 0.5) is 0 Å². The number of piperidine rings is 1. The molecule has 12 heavy (non-hydrogen) atoms. The Hall–Kier alpha value is -0.760. The minimum Gasteiger partial charge on any atom is -0.472 e. The third-order valence-corrected chi connectivity index (χ3v) is 2.50. The minimum atomic E-state index is 0.816. The van der Waals surface area contributed by atoms with E-state index in [4.69, 9.17) is 4.42 Å². The van der Waals surface area contributed by atoms with Crippen LogP contribution >= 0.6 is 0 Å². The molecule has 0 aliphatic carbocycles. The molecule has 0 radical (unpaired) electrons. The fourth-order valence-electron chi connectivity index (χ4n) is 1.84. The quantitative estimate of drug-likeness (QED) is 0.723. The first-order valence-corrected chi connectivity index (χ1v) is 4.67. The zero-order chi connectivity index (χ0) is 8.23. The molecule has 2 rings (SSSR count). The summed E-state index contributed by atoms with van der Waals surface area (Å²) in [6.07, 6.45) is 7.46. The van der Waals surface area contributed by atoms with Gasteiger partial charge >= 0.3 is 0 Å². The van der Waals surface area contributed by atoms with Crippen molar-refractivity contribution in [2.75, 3.05) is 13.1 Å². The Labute approximate surface area is 73.0 Å². The average molecular weight is 165 g/mol. The molecule has 1 aromatic rings. The molecule has 1 atom stereocenters. The maximum atomic E-state index is 5.04. The lowest BCUT2D eigenvalue weighted by molar-refractivity contribution is 0.375. The molecule has 1 N–H and O–H groups in total. The Balaban J connectivity index is 1.86. The summed E-state index contributed by atoms with van der Waals surface area (Å²) >= 11 is 0. The van der Waals surface area contributed by atoms with E-state index < -0.39 is 0 Å². The lowest BCUT2D eigenvalue weighted by Crippen LogP contribution is -2.30. The summed E-state index contributed by atoms with van der Waals surface area (Å²) in [7, 11) is 0. The summed E-state index contributed by atoms with van der Waals surface area (Å²) in [6.45, 7) is 2.37. The van der Waals surface area contributed by atoms with Crippen molar-refractivity contribution in [3.05, 3.63) is 24.2 Å². The van der Waals surface area contributed by atoms with Crippen molar-refractivity contribution < 1.29 is 4.42 Å². The van der Waals surface area contributed by atoms with E-state index in [0.717, 1.165) is 5.92 Å². The molecular formula is C10H15NO. The third-order valence-electron chi connectivity index (χ3n) is 2.50. The maximum Gasteiger partial charge on any atom is 0.0934 e. The maximum absolute atomic E-state index is 5.04. The van der Waals surface area contributed by atoms with Crippen molar-refractivity contribution >= 4 is 0 Å². The highest BCUT2D eigenvalue weighted by Gasteiger charge is 2.13. The zero-order valence-corrected chi connectivity index (χ0v) is 7.25. The van der Waals surface area contributed by atoms with Gasteiger partial charge in [0.1, 0.15) is 0 Å². The number of hydrogen-bond acceptors (Lipinski definition) is 2. The van der Waals surface area contributed by atoms with Crippen LogP contribution < -0.4 is 5.32 Å². The molecular weight excluding hydrogens is 150 g/mol. The first kappa shape index (κ1) is 7.87. The van der Waals surface area contributed by atoms with Crippen molar-refractivity contribution in [3.63, 3.8) is 0 Å². The van der Waals surface area contributed by atoms with E-state index in [0.29, 0.717) is 0 Å². The van der Waals surface area contributed by atoms with Crippen molar-refractivity contribution in [1.29, 1.82) is 0 Å². The molecule has 1 aliphatic heterocycles. The second kappa shape index (κ2) is 3.76. The Bertz CT molecular complexity index is 212. The Morgan fingerprint density at radius 1 is 1.58 bits per heavy atom. The van der Waals surface area contributed by atoms with Crippen molar-refractivity contribution in [3.8, 4) is 0 Å². The number of furan rings is 1. The monoisotopic (exact) mass is 165 g/mol. The second-order valence-electron chi connectivity index (χ2n) is 3.55. The van der Waals surface area contributed by atoms with E-state index in [9.17, 15) is 0 Å². The first-order valence-electron chi connectivity index (χ1n) is 4.67. The Kier molecular flexibility index (Phi) is 2.47. The molecule has 0 amide bonds. The highest BCUT2D eigenvalue weighted by molar-refractivity contribution is 5.06. The van der Waals surface area contributed by atoms with E-state index in [2.05, 4.69) is 11.4 Å². The van der Waals surface area contributed by atoms with Gasteiger partial charge in [0.05, 0.1) is 12.5 Å². The van der Waals surface area contributed by atoms with Gasteiger partial charge in [-0.3, -0.25) is 0 Å². The highest BCUT2D eigenvalue weighted by Crippen LogP contribution is 2.16. The van der Waals surface area contributed by atoms with Crippen molar-refractivity contribution in [2.45, 2.75) is 19.3 Å². The molecule has 66 valence electrons. The summed E-state index contributed by atoms with van der Waals surface area (Å²) in [5.74, 6) is 0.816. The number of hydrogen-bond donors (Lipinski definition) is 1. The third kappa shape index (κ3) is 1.89. The molecule has 0 aromatic carbocycles. The van der Waals surface area contributed by atoms with Gasteiger partial charge in [-0.2, -0.15) is 0 Å². The Morgan fingerprint density at radius 3 is 3.25 bits per heavy atom. The van der Waals surface area contributed by atoms with Gasteiger partial charge in [0, 0.05) is 0 Å². The van der Waals surface area contributed by atoms with Gasteiger partial charge in [-0.1, -0.05) is 0 Å². The van der Waals surface area contributed by atoms with Gasteiger partial charge in [-0.05, 0) is 49.9 Å². The SMILES string of the molecule is c1cc(C[C@@H]2CCCNC2)co1. The molecule has 2 heterocycles. The molecule has 1 saturated heterocycles. The standard InChI is InChI=1S/C10H15NO/c1-2-9(7-11-4-1)6-10-3-5-12-8-10/h3,5,8-9,11H,1-2,4,6-7H2/t9-/m0/s1. The first-order chi connectivity index (χ1) is 5.95. The molecule has 0 saturated carbocycles. The van der Waals surface area contributed by atoms with Gasteiger partial charge < -0.3 is 9.73 Å². The molecule has 1 aromatic heterocycles. The van der Waals surface area contributed by atoms with Gasteiger partial charge in [0.25, 0.3) is 0 Å². The van der Waals surface area contributed by atoms with Crippen LogP contribution in [0.25, 0.3) is 0 Å².